The Hall–Kier alpha value is -2.82. The van der Waals surface area contributed by atoms with Crippen LogP contribution in [0.25, 0.3) is 44.2 Å². The zero-order valence-electron chi connectivity index (χ0n) is 24.7. The minimum atomic E-state index is -0.494. The van der Waals surface area contributed by atoms with Gasteiger partial charge in [0.2, 0.25) is 0 Å². The monoisotopic (exact) mass is 727 g/mol. The number of benzene rings is 2. The van der Waals surface area contributed by atoms with Crippen LogP contribution < -0.4 is 0 Å². The van der Waals surface area contributed by atoms with Gasteiger partial charge in [-0.3, -0.25) is 4.68 Å². The maximum Gasteiger partial charge on any atom is 0.410 e. The zero-order chi connectivity index (χ0) is 30.3. The SMILES string of the molecule is Cc1cc2c(cnn2PI)c(-c2c(-c3ccc4nnccc4c3)nn(C3CC4(C3)CN(C(=O)OC(C)(C)C)C4)c2C)c1Cl. The van der Waals surface area contributed by atoms with Crippen LogP contribution in [0.15, 0.2) is 42.7 Å². The Bertz CT molecular complexity index is 1920. The summed E-state index contributed by atoms with van der Waals surface area (Å²) in [6, 6.07) is 10.5. The van der Waals surface area contributed by atoms with Crippen molar-refractivity contribution in [2.24, 2.45) is 5.41 Å². The van der Waals surface area contributed by atoms with Crippen LogP contribution in [0.4, 0.5) is 4.79 Å². The van der Waals surface area contributed by atoms with Crippen LogP contribution in [0.1, 0.15) is 50.9 Å². The van der Waals surface area contributed by atoms with Gasteiger partial charge in [0.05, 0.1) is 40.9 Å². The van der Waals surface area contributed by atoms with E-state index in [1.165, 1.54) is 0 Å². The fourth-order valence-electron chi connectivity index (χ4n) is 6.69. The highest BCUT2D eigenvalue weighted by Gasteiger charge is 2.55. The summed E-state index contributed by atoms with van der Waals surface area (Å²) in [6.45, 7) is 11.4. The van der Waals surface area contributed by atoms with Gasteiger partial charge in [-0.05, 0) is 99.3 Å². The highest BCUT2D eigenvalue weighted by atomic mass is 127. The molecule has 9 nitrogen and oxygen atoms in total. The van der Waals surface area contributed by atoms with E-state index in [9.17, 15) is 4.79 Å². The third-order valence-electron chi connectivity index (χ3n) is 8.65. The normalized spacial score (nSPS) is 16.9. The predicted molar refractivity (Wildman–Crippen MR) is 180 cm³/mol. The summed E-state index contributed by atoms with van der Waals surface area (Å²) in [5.74, 6) is 0. The van der Waals surface area contributed by atoms with Gasteiger partial charge >= 0.3 is 6.09 Å². The smallest absolute Gasteiger partial charge is 0.410 e. The van der Waals surface area contributed by atoms with Crippen molar-refractivity contribution in [3.05, 3.63) is 59.0 Å². The van der Waals surface area contributed by atoms with Crippen LogP contribution in [-0.4, -0.2) is 59.2 Å². The molecule has 5 aromatic rings. The van der Waals surface area contributed by atoms with Gasteiger partial charge in [0.25, 0.3) is 0 Å². The second-order valence-electron chi connectivity index (χ2n) is 12.9. The minimum absolute atomic E-state index is 0.124. The van der Waals surface area contributed by atoms with Gasteiger partial charge in [0, 0.05) is 51.7 Å². The number of rotatable bonds is 4. The number of hydrogen-bond acceptors (Lipinski definition) is 6. The van der Waals surface area contributed by atoms with E-state index in [0.717, 1.165) is 86.4 Å². The van der Waals surface area contributed by atoms with Gasteiger partial charge in [0.15, 0.2) is 0 Å². The summed E-state index contributed by atoms with van der Waals surface area (Å²) in [6.07, 6.45) is 5.82. The molecule has 1 aliphatic carbocycles. The molecule has 222 valence electrons. The molecule has 43 heavy (non-hydrogen) atoms. The van der Waals surface area contributed by atoms with Gasteiger partial charge in [-0.15, -0.1) is 0 Å². The number of hydrogen-bond donors (Lipinski definition) is 0. The molecule has 2 aliphatic rings. The van der Waals surface area contributed by atoms with Crippen molar-refractivity contribution >= 4 is 67.9 Å². The molecule has 0 radical (unpaired) electrons. The number of nitrogens with zero attached hydrogens (tertiary/aromatic N) is 7. The average molecular weight is 728 g/mol. The molecule has 1 saturated heterocycles. The lowest BCUT2D eigenvalue weighted by molar-refractivity contribution is -0.0930. The molecule has 1 saturated carbocycles. The molecule has 1 amide bonds. The number of halogens is 2. The lowest BCUT2D eigenvalue weighted by Crippen LogP contribution is -2.64. The summed E-state index contributed by atoms with van der Waals surface area (Å²) >= 11 is 9.51. The first-order valence-electron chi connectivity index (χ1n) is 14.3. The Morgan fingerprint density at radius 2 is 1.91 bits per heavy atom. The number of carbonyl (C=O) groups excluding carboxylic acids is 1. The maximum atomic E-state index is 12.6. The molecular formula is C31H32ClIN7O2P. The number of ether oxygens (including phenoxy) is 1. The number of carbonyl (C=O) groups is 1. The summed E-state index contributed by atoms with van der Waals surface area (Å²) in [5, 5.41) is 21.0. The first kappa shape index (κ1) is 28.9. The van der Waals surface area contributed by atoms with E-state index in [2.05, 4.69) is 74.1 Å². The van der Waals surface area contributed by atoms with Crippen LogP contribution in [0.3, 0.4) is 0 Å². The zero-order valence-corrected chi connectivity index (χ0v) is 28.6. The number of aryl methyl sites for hydroxylation is 1. The minimum Gasteiger partial charge on any atom is -0.444 e. The van der Waals surface area contributed by atoms with Crippen LogP contribution in [0.5, 0.6) is 0 Å². The molecule has 1 atom stereocenters. The van der Waals surface area contributed by atoms with E-state index in [1.807, 2.05) is 48.5 Å². The molecular weight excluding hydrogens is 696 g/mol. The lowest BCUT2D eigenvalue weighted by Gasteiger charge is -2.58. The third kappa shape index (κ3) is 4.90. The van der Waals surface area contributed by atoms with Gasteiger partial charge in [-0.2, -0.15) is 20.4 Å². The Labute approximate surface area is 269 Å². The Balaban J connectivity index is 1.30. The lowest BCUT2D eigenvalue weighted by atomic mass is 9.61. The van der Waals surface area contributed by atoms with Gasteiger partial charge in [-0.25, -0.2) is 9.25 Å². The molecule has 0 bridgehead atoms. The van der Waals surface area contributed by atoms with E-state index in [-0.39, 0.29) is 17.6 Å². The Morgan fingerprint density at radius 1 is 1.14 bits per heavy atom. The van der Waals surface area contributed by atoms with Crippen molar-refractivity contribution in [2.45, 2.75) is 59.1 Å². The van der Waals surface area contributed by atoms with Crippen molar-refractivity contribution in [3.63, 3.8) is 0 Å². The predicted octanol–water partition coefficient (Wildman–Crippen LogP) is 8.14. The molecule has 0 N–H and O–H groups in total. The third-order valence-corrected chi connectivity index (χ3v) is 11.0. The number of fused-ring (bicyclic) bond motifs is 2. The highest BCUT2D eigenvalue weighted by Crippen LogP contribution is 2.56. The van der Waals surface area contributed by atoms with E-state index in [4.69, 9.17) is 21.4 Å². The van der Waals surface area contributed by atoms with Gasteiger partial charge in [-0.1, -0.05) is 17.7 Å². The second kappa shape index (κ2) is 10.4. The number of amides is 1. The standard InChI is InChI=1S/C31H32ClIN7O2P/c1-17-10-24-22(14-35-40(24)43-33)26(27(17)32)25-18(2)39(37-28(25)20-6-7-23-19(11-20)8-9-34-36-23)21-12-31(13-21)15-38(16-31)29(41)42-30(3,4)5/h6-11,14,21,43H,12-13,15-16H2,1-5H3. The van der Waals surface area contributed by atoms with Gasteiger partial charge in [0.1, 0.15) is 11.3 Å². The number of likely N-dealkylation sites (tertiary alicyclic amines) is 1. The molecule has 1 spiro atoms. The topological polar surface area (TPSA) is 91.0 Å². The number of aromatic nitrogens is 6. The molecule has 7 rings (SSSR count). The molecule has 1 aliphatic heterocycles. The summed E-state index contributed by atoms with van der Waals surface area (Å²) in [4.78, 5) is 14.4. The second-order valence-corrected chi connectivity index (χ2v) is 15.3. The van der Waals surface area contributed by atoms with Crippen LogP contribution in [-0.2, 0) is 4.74 Å². The molecule has 2 fully saturated rings. The van der Waals surface area contributed by atoms with E-state index in [1.54, 1.807) is 6.20 Å². The highest BCUT2D eigenvalue weighted by molar-refractivity contribution is 14.2. The van der Waals surface area contributed by atoms with Crippen molar-refractivity contribution in [2.75, 3.05) is 13.1 Å². The Kier molecular flexibility index (Phi) is 6.98. The van der Waals surface area contributed by atoms with Crippen molar-refractivity contribution in [1.29, 1.82) is 0 Å². The van der Waals surface area contributed by atoms with Crippen LogP contribution in [0.2, 0.25) is 5.02 Å². The van der Waals surface area contributed by atoms with E-state index < -0.39 is 5.60 Å². The quantitative estimate of drug-likeness (QED) is 0.137. The summed E-state index contributed by atoms with van der Waals surface area (Å²) in [5.41, 5.74) is 7.50. The maximum absolute atomic E-state index is 12.6. The van der Waals surface area contributed by atoms with Crippen molar-refractivity contribution in [1.82, 2.24) is 34.4 Å². The first-order chi connectivity index (χ1) is 20.5. The van der Waals surface area contributed by atoms with E-state index in [0.29, 0.717) is 6.37 Å². The summed E-state index contributed by atoms with van der Waals surface area (Å²) in [7, 11) is 0. The Morgan fingerprint density at radius 3 is 2.63 bits per heavy atom. The molecule has 1 unspecified atom stereocenters. The molecule has 4 heterocycles. The fraction of sp³-hybridized carbons (Fsp3) is 0.387. The molecule has 2 aromatic carbocycles. The van der Waals surface area contributed by atoms with E-state index >= 15 is 0 Å². The van der Waals surface area contributed by atoms with Crippen LogP contribution >= 0.6 is 40.0 Å². The molecule has 3 aromatic heterocycles. The van der Waals surface area contributed by atoms with Crippen LogP contribution in [0, 0.1) is 19.3 Å². The fourth-order valence-corrected chi connectivity index (χ4v) is 8.47. The molecule has 12 heteroatoms. The largest absolute Gasteiger partial charge is 0.444 e. The summed E-state index contributed by atoms with van der Waals surface area (Å²) < 4.78 is 9.81. The van der Waals surface area contributed by atoms with Gasteiger partial charge < -0.3 is 9.64 Å². The van der Waals surface area contributed by atoms with Crippen molar-refractivity contribution in [3.8, 4) is 22.4 Å². The van der Waals surface area contributed by atoms with Crippen molar-refractivity contribution < 1.29 is 9.53 Å². The first-order valence-corrected chi connectivity index (χ1v) is 18.7. The average Bonchev–Trinajstić information content (AvgIpc) is 3.47.